The summed E-state index contributed by atoms with van der Waals surface area (Å²) < 4.78 is 32.8. The third kappa shape index (κ3) is 3.81. The highest BCUT2D eigenvalue weighted by Gasteiger charge is 2.40. The van der Waals surface area contributed by atoms with Crippen LogP contribution in [-0.4, -0.2) is 44.4 Å². The highest BCUT2D eigenvalue weighted by Crippen LogP contribution is 2.32. The van der Waals surface area contributed by atoms with Gasteiger partial charge in [0.15, 0.2) is 0 Å². The number of rotatable bonds is 5. The highest BCUT2D eigenvalue weighted by atomic mass is 35.5. The Balaban J connectivity index is 1.88. The third-order valence-electron chi connectivity index (χ3n) is 4.48. The van der Waals surface area contributed by atoms with Gasteiger partial charge in [0.1, 0.15) is 11.8 Å². The number of hydrogen-bond donors (Lipinski definition) is 0. The molecule has 1 heterocycles. The molecule has 2 aromatic rings. The molecule has 3 rings (SSSR count). The lowest BCUT2D eigenvalue weighted by Gasteiger charge is -2.38. The van der Waals surface area contributed by atoms with Gasteiger partial charge >= 0.3 is 0 Å². The number of ether oxygens (including phenoxy) is 1. The van der Waals surface area contributed by atoms with Crippen molar-refractivity contribution in [2.75, 3.05) is 24.6 Å². The molecule has 0 aromatic heterocycles. The number of hydrogen-bond acceptors (Lipinski definition) is 4. The molecule has 1 amide bonds. The molecule has 144 valence electrons. The largest absolute Gasteiger partial charge is 0.492 e. The maximum absolute atomic E-state index is 13.0. The van der Waals surface area contributed by atoms with Gasteiger partial charge < -0.3 is 9.64 Å². The van der Waals surface area contributed by atoms with Crippen molar-refractivity contribution in [2.45, 2.75) is 24.8 Å². The zero-order valence-electron chi connectivity index (χ0n) is 15.1. The molecule has 0 spiro atoms. The van der Waals surface area contributed by atoms with Crippen LogP contribution >= 0.6 is 11.6 Å². The Bertz CT molecular complexity index is 931. The van der Waals surface area contributed by atoms with Gasteiger partial charge in [0.25, 0.3) is 0 Å². The van der Waals surface area contributed by atoms with Crippen LogP contribution in [0.1, 0.15) is 13.8 Å². The van der Waals surface area contributed by atoms with Gasteiger partial charge in [-0.1, -0.05) is 23.7 Å². The summed E-state index contributed by atoms with van der Waals surface area (Å²) in [6.45, 7) is 4.40. The molecule has 1 fully saturated rings. The summed E-state index contributed by atoms with van der Waals surface area (Å²) >= 11 is 5.85. The van der Waals surface area contributed by atoms with Gasteiger partial charge in [-0.15, -0.1) is 0 Å². The van der Waals surface area contributed by atoms with E-state index in [1.807, 2.05) is 19.1 Å². The number of carbonyl (C=O) groups excluding carboxylic acids is 1. The van der Waals surface area contributed by atoms with Gasteiger partial charge in [-0.3, -0.25) is 4.79 Å². The van der Waals surface area contributed by atoms with E-state index in [2.05, 4.69) is 0 Å². The molecule has 0 radical (unpaired) electrons. The molecule has 1 aliphatic rings. The van der Waals surface area contributed by atoms with E-state index in [1.54, 1.807) is 24.0 Å². The van der Waals surface area contributed by atoms with Crippen LogP contribution in [0.5, 0.6) is 5.75 Å². The predicted octanol–water partition coefficient (Wildman–Crippen LogP) is 3.16. The molecule has 1 saturated heterocycles. The molecule has 1 aliphatic heterocycles. The van der Waals surface area contributed by atoms with Crippen molar-refractivity contribution in [2.24, 2.45) is 0 Å². The molecule has 27 heavy (non-hydrogen) atoms. The van der Waals surface area contributed by atoms with E-state index in [0.717, 1.165) is 0 Å². The minimum absolute atomic E-state index is 0.120. The van der Waals surface area contributed by atoms with Gasteiger partial charge in [-0.2, -0.15) is 4.31 Å². The van der Waals surface area contributed by atoms with E-state index in [0.29, 0.717) is 23.1 Å². The Hall–Kier alpha value is -2.09. The SMILES string of the molecule is CCOc1ccccc1N1CCN(S(=O)(=O)c2ccc(Cl)cc2)C(C)C1=O. The standard InChI is InChI=1S/C19H21ClN2O4S/c1-3-26-18-7-5-4-6-17(18)21-12-13-22(14(2)19(21)23)27(24,25)16-10-8-15(20)9-11-16/h4-11,14H,3,12-13H2,1-2H3. The fourth-order valence-corrected chi connectivity index (χ4v) is 4.82. The minimum atomic E-state index is -3.79. The van der Waals surface area contributed by atoms with Gasteiger partial charge in [0.05, 0.1) is 17.2 Å². The molecular weight excluding hydrogens is 388 g/mol. The minimum Gasteiger partial charge on any atom is -0.492 e. The van der Waals surface area contributed by atoms with E-state index in [1.165, 1.54) is 28.6 Å². The Morgan fingerprint density at radius 2 is 1.78 bits per heavy atom. The summed E-state index contributed by atoms with van der Waals surface area (Å²) in [5.74, 6) is 0.320. The van der Waals surface area contributed by atoms with Gasteiger partial charge in [0.2, 0.25) is 15.9 Å². The predicted molar refractivity (Wildman–Crippen MR) is 105 cm³/mol. The van der Waals surface area contributed by atoms with Crippen LogP contribution in [0.4, 0.5) is 5.69 Å². The molecule has 8 heteroatoms. The van der Waals surface area contributed by atoms with E-state index < -0.39 is 16.1 Å². The lowest BCUT2D eigenvalue weighted by Crippen LogP contribution is -2.57. The normalized spacial score (nSPS) is 18.6. The lowest BCUT2D eigenvalue weighted by atomic mass is 10.2. The van der Waals surface area contributed by atoms with Crippen LogP contribution in [0.2, 0.25) is 5.02 Å². The number of carbonyl (C=O) groups is 1. The van der Waals surface area contributed by atoms with Crippen molar-refractivity contribution in [3.05, 3.63) is 53.6 Å². The Labute approximate surface area is 164 Å². The molecule has 1 unspecified atom stereocenters. The summed E-state index contributed by atoms with van der Waals surface area (Å²) in [7, 11) is -3.79. The number of sulfonamides is 1. The second-order valence-electron chi connectivity index (χ2n) is 6.14. The summed E-state index contributed by atoms with van der Waals surface area (Å²) in [4.78, 5) is 14.7. The number of amides is 1. The summed E-state index contributed by atoms with van der Waals surface area (Å²) in [5.41, 5.74) is 0.653. The fraction of sp³-hybridized carbons (Fsp3) is 0.316. The maximum Gasteiger partial charge on any atom is 0.245 e. The van der Waals surface area contributed by atoms with E-state index in [4.69, 9.17) is 16.3 Å². The average molecular weight is 409 g/mol. The zero-order valence-corrected chi connectivity index (χ0v) is 16.7. The summed E-state index contributed by atoms with van der Waals surface area (Å²) in [6, 6.07) is 12.4. The van der Waals surface area contributed by atoms with E-state index in [-0.39, 0.29) is 23.9 Å². The average Bonchev–Trinajstić information content (AvgIpc) is 2.65. The summed E-state index contributed by atoms with van der Waals surface area (Å²) in [5, 5.41) is 0.454. The molecule has 0 N–H and O–H groups in total. The van der Waals surface area contributed by atoms with Crippen LogP contribution in [0.25, 0.3) is 0 Å². The number of nitrogens with zero attached hydrogens (tertiary/aromatic N) is 2. The number of para-hydroxylation sites is 2. The van der Waals surface area contributed by atoms with Crippen LogP contribution in [0.15, 0.2) is 53.4 Å². The van der Waals surface area contributed by atoms with Crippen molar-refractivity contribution >= 4 is 33.2 Å². The summed E-state index contributed by atoms with van der Waals surface area (Å²) in [6.07, 6.45) is 0. The third-order valence-corrected chi connectivity index (χ3v) is 6.71. The van der Waals surface area contributed by atoms with Crippen LogP contribution in [0, 0.1) is 0 Å². The monoisotopic (exact) mass is 408 g/mol. The van der Waals surface area contributed by atoms with Crippen molar-refractivity contribution in [3.8, 4) is 5.75 Å². The molecule has 0 bridgehead atoms. The molecule has 0 aliphatic carbocycles. The molecule has 6 nitrogen and oxygen atoms in total. The fourth-order valence-electron chi connectivity index (χ4n) is 3.12. The molecule has 0 saturated carbocycles. The first-order valence-corrected chi connectivity index (χ1v) is 10.5. The first-order chi connectivity index (χ1) is 12.9. The quantitative estimate of drug-likeness (QED) is 0.762. The van der Waals surface area contributed by atoms with Crippen LogP contribution in [-0.2, 0) is 14.8 Å². The molecule has 2 aromatic carbocycles. The molecular formula is C19H21ClN2O4S. The molecule has 1 atom stereocenters. The maximum atomic E-state index is 13.0. The van der Waals surface area contributed by atoms with Crippen LogP contribution in [0.3, 0.4) is 0 Å². The van der Waals surface area contributed by atoms with Crippen LogP contribution < -0.4 is 9.64 Å². The smallest absolute Gasteiger partial charge is 0.245 e. The second-order valence-corrected chi connectivity index (χ2v) is 8.46. The number of benzene rings is 2. The van der Waals surface area contributed by atoms with E-state index in [9.17, 15) is 13.2 Å². The first-order valence-electron chi connectivity index (χ1n) is 8.67. The topological polar surface area (TPSA) is 66.9 Å². The Morgan fingerprint density at radius 1 is 1.11 bits per heavy atom. The number of halogens is 1. The highest BCUT2D eigenvalue weighted by molar-refractivity contribution is 7.89. The number of anilines is 1. The van der Waals surface area contributed by atoms with Gasteiger partial charge in [0, 0.05) is 18.1 Å². The van der Waals surface area contributed by atoms with Crippen molar-refractivity contribution in [1.82, 2.24) is 4.31 Å². The van der Waals surface area contributed by atoms with Crippen molar-refractivity contribution in [1.29, 1.82) is 0 Å². The second kappa shape index (κ2) is 7.88. The first kappa shape index (κ1) is 19.7. The Kier molecular flexibility index (Phi) is 5.74. The number of piperazine rings is 1. The van der Waals surface area contributed by atoms with E-state index >= 15 is 0 Å². The lowest BCUT2D eigenvalue weighted by molar-refractivity contribution is -0.123. The zero-order chi connectivity index (χ0) is 19.6. The van der Waals surface area contributed by atoms with Crippen molar-refractivity contribution < 1.29 is 17.9 Å². The van der Waals surface area contributed by atoms with Gasteiger partial charge in [-0.05, 0) is 50.2 Å². The van der Waals surface area contributed by atoms with Gasteiger partial charge in [-0.25, -0.2) is 8.42 Å². The Morgan fingerprint density at radius 3 is 2.44 bits per heavy atom. The van der Waals surface area contributed by atoms with Crippen molar-refractivity contribution in [3.63, 3.8) is 0 Å².